The van der Waals surface area contributed by atoms with Crippen molar-refractivity contribution >= 4 is 5.97 Å². The summed E-state index contributed by atoms with van der Waals surface area (Å²) in [5.41, 5.74) is 0. The van der Waals surface area contributed by atoms with Gasteiger partial charge in [-0.15, -0.1) is 0 Å². The molecule has 0 bridgehead atoms. The fourth-order valence-corrected chi connectivity index (χ4v) is 2.94. The lowest BCUT2D eigenvalue weighted by molar-refractivity contribution is -0.147. The summed E-state index contributed by atoms with van der Waals surface area (Å²) in [4.78, 5) is 13.4. The van der Waals surface area contributed by atoms with E-state index in [4.69, 9.17) is 4.74 Å². The van der Waals surface area contributed by atoms with E-state index in [-0.39, 0.29) is 12.0 Å². The molecule has 0 aromatic rings. The van der Waals surface area contributed by atoms with Gasteiger partial charge in [-0.25, -0.2) is 0 Å². The van der Waals surface area contributed by atoms with Crippen molar-refractivity contribution in [3.63, 3.8) is 0 Å². The van der Waals surface area contributed by atoms with Crippen molar-refractivity contribution in [2.75, 3.05) is 26.3 Å². The zero-order chi connectivity index (χ0) is 11.5. The molecule has 2 aliphatic rings. The molecule has 0 aromatic heterocycles. The van der Waals surface area contributed by atoms with Gasteiger partial charge in [-0.2, -0.15) is 0 Å². The van der Waals surface area contributed by atoms with Gasteiger partial charge in [-0.3, -0.25) is 9.69 Å². The molecule has 0 spiro atoms. The van der Waals surface area contributed by atoms with E-state index >= 15 is 0 Å². The average Bonchev–Trinajstić information content (AvgIpc) is 2.70. The topological polar surface area (TPSA) is 49.8 Å². The molecule has 0 aromatic carbocycles. The van der Waals surface area contributed by atoms with Crippen molar-refractivity contribution in [3.05, 3.63) is 0 Å². The van der Waals surface area contributed by atoms with Gasteiger partial charge in [0.15, 0.2) is 0 Å². The Labute approximate surface area is 96.6 Å². The summed E-state index contributed by atoms with van der Waals surface area (Å²) in [5.74, 6) is 0.145. The molecule has 2 fully saturated rings. The number of carbonyl (C=O) groups is 1. The van der Waals surface area contributed by atoms with Crippen LogP contribution >= 0.6 is 0 Å². The van der Waals surface area contributed by atoms with Gasteiger partial charge in [-0.1, -0.05) is 6.92 Å². The summed E-state index contributed by atoms with van der Waals surface area (Å²) in [6.07, 6.45) is 3.24. The van der Waals surface area contributed by atoms with Gasteiger partial charge in [0.05, 0.1) is 6.61 Å². The first kappa shape index (κ1) is 11.9. The van der Waals surface area contributed by atoms with Gasteiger partial charge < -0.3 is 9.84 Å². The molecule has 0 radical (unpaired) electrons. The third-order valence-electron chi connectivity index (χ3n) is 3.81. The number of piperidine rings is 1. The van der Waals surface area contributed by atoms with E-state index in [2.05, 4.69) is 11.8 Å². The largest absolute Gasteiger partial charge is 0.480 e. The number of hydrogen-bond donors (Lipinski definition) is 1. The summed E-state index contributed by atoms with van der Waals surface area (Å²) in [7, 11) is 0. The highest BCUT2D eigenvalue weighted by molar-refractivity contribution is 5.74. The average molecular weight is 227 g/mol. The molecule has 4 heteroatoms. The molecule has 0 aliphatic carbocycles. The van der Waals surface area contributed by atoms with E-state index < -0.39 is 5.97 Å². The van der Waals surface area contributed by atoms with Crippen molar-refractivity contribution in [3.8, 4) is 0 Å². The normalized spacial score (nSPS) is 36.4. The Morgan fingerprint density at radius 3 is 2.94 bits per heavy atom. The van der Waals surface area contributed by atoms with E-state index in [1.807, 2.05) is 0 Å². The third-order valence-corrected chi connectivity index (χ3v) is 3.81. The number of likely N-dealkylation sites (tertiary alicyclic amines) is 1. The molecule has 16 heavy (non-hydrogen) atoms. The van der Waals surface area contributed by atoms with Crippen LogP contribution in [0.15, 0.2) is 0 Å². The van der Waals surface area contributed by atoms with Crippen LogP contribution < -0.4 is 0 Å². The van der Waals surface area contributed by atoms with Crippen LogP contribution in [-0.2, 0) is 9.53 Å². The number of carboxylic acids is 1. The summed E-state index contributed by atoms with van der Waals surface area (Å²) in [6, 6.07) is -0.283. The maximum Gasteiger partial charge on any atom is 0.321 e. The van der Waals surface area contributed by atoms with E-state index in [1.54, 1.807) is 0 Å². The van der Waals surface area contributed by atoms with Crippen LogP contribution in [-0.4, -0.2) is 48.3 Å². The monoisotopic (exact) mass is 227 g/mol. The smallest absolute Gasteiger partial charge is 0.321 e. The van der Waals surface area contributed by atoms with Crippen LogP contribution in [0.4, 0.5) is 0 Å². The first-order chi connectivity index (χ1) is 7.68. The van der Waals surface area contributed by atoms with Crippen molar-refractivity contribution in [1.82, 2.24) is 4.90 Å². The van der Waals surface area contributed by atoms with E-state index in [0.717, 1.165) is 45.6 Å². The maximum absolute atomic E-state index is 11.3. The van der Waals surface area contributed by atoms with Crippen molar-refractivity contribution in [1.29, 1.82) is 0 Å². The van der Waals surface area contributed by atoms with E-state index in [9.17, 15) is 9.90 Å². The van der Waals surface area contributed by atoms with Crippen LogP contribution in [0.25, 0.3) is 0 Å². The number of ether oxygens (including phenoxy) is 1. The summed E-state index contributed by atoms with van der Waals surface area (Å²) in [5, 5.41) is 9.28. The lowest BCUT2D eigenvalue weighted by atomic mass is 9.90. The molecule has 4 nitrogen and oxygen atoms in total. The molecule has 2 rings (SSSR count). The van der Waals surface area contributed by atoms with Crippen molar-refractivity contribution in [2.45, 2.75) is 32.2 Å². The Kier molecular flexibility index (Phi) is 3.82. The van der Waals surface area contributed by atoms with Crippen molar-refractivity contribution in [2.24, 2.45) is 11.8 Å². The van der Waals surface area contributed by atoms with Gasteiger partial charge in [-0.05, 0) is 37.6 Å². The van der Waals surface area contributed by atoms with E-state index in [0.29, 0.717) is 5.92 Å². The molecule has 3 unspecified atom stereocenters. The highest BCUT2D eigenvalue weighted by atomic mass is 16.5. The van der Waals surface area contributed by atoms with Crippen LogP contribution in [0.5, 0.6) is 0 Å². The molecule has 2 heterocycles. The van der Waals surface area contributed by atoms with Crippen molar-refractivity contribution < 1.29 is 14.6 Å². The second kappa shape index (κ2) is 5.15. The minimum absolute atomic E-state index is 0.272. The Morgan fingerprint density at radius 2 is 2.31 bits per heavy atom. The molecule has 0 saturated carbocycles. The second-order valence-electron chi connectivity index (χ2n) is 5.13. The molecule has 1 N–H and O–H groups in total. The maximum atomic E-state index is 11.3. The summed E-state index contributed by atoms with van der Waals surface area (Å²) in [6.45, 7) is 5.51. The van der Waals surface area contributed by atoms with Gasteiger partial charge in [0, 0.05) is 13.2 Å². The zero-order valence-electron chi connectivity index (χ0n) is 9.89. The number of carboxylic acid groups (broad SMARTS) is 1. The minimum atomic E-state index is -0.661. The Hall–Kier alpha value is -0.610. The minimum Gasteiger partial charge on any atom is -0.480 e. The standard InChI is InChI=1S/C12H21NO3/c1-9-3-2-5-13(11(9)12(14)15)7-10-4-6-16-8-10/h9-11H,2-8H2,1H3,(H,14,15). The predicted molar refractivity (Wildman–Crippen MR) is 60.3 cm³/mol. The highest BCUT2D eigenvalue weighted by Gasteiger charge is 2.35. The third kappa shape index (κ3) is 2.55. The van der Waals surface area contributed by atoms with Crippen LogP contribution in [0.3, 0.4) is 0 Å². The predicted octanol–water partition coefficient (Wildman–Crippen LogP) is 1.21. The van der Waals surface area contributed by atoms with Gasteiger partial charge in [0.1, 0.15) is 6.04 Å². The highest BCUT2D eigenvalue weighted by Crippen LogP contribution is 2.26. The quantitative estimate of drug-likeness (QED) is 0.787. The Morgan fingerprint density at radius 1 is 1.50 bits per heavy atom. The summed E-state index contributed by atoms with van der Waals surface area (Å²) >= 11 is 0. The fraction of sp³-hybridized carbons (Fsp3) is 0.917. The van der Waals surface area contributed by atoms with Crippen LogP contribution in [0.1, 0.15) is 26.2 Å². The fourth-order valence-electron chi connectivity index (χ4n) is 2.94. The molecule has 0 amide bonds. The summed E-state index contributed by atoms with van der Waals surface area (Å²) < 4.78 is 5.35. The number of nitrogens with zero attached hydrogens (tertiary/aromatic N) is 1. The van der Waals surface area contributed by atoms with Gasteiger partial charge >= 0.3 is 5.97 Å². The molecule has 92 valence electrons. The second-order valence-corrected chi connectivity index (χ2v) is 5.13. The lowest BCUT2D eigenvalue weighted by Crippen LogP contribution is -2.50. The molecular formula is C12H21NO3. The first-order valence-corrected chi connectivity index (χ1v) is 6.23. The molecule has 2 saturated heterocycles. The molecule has 2 aliphatic heterocycles. The molecular weight excluding hydrogens is 206 g/mol. The zero-order valence-corrected chi connectivity index (χ0v) is 9.89. The van der Waals surface area contributed by atoms with Crippen LogP contribution in [0, 0.1) is 11.8 Å². The first-order valence-electron chi connectivity index (χ1n) is 6.23. The number of hydrogen-bond acceptors (Lipinski definition) is 3. The number of aliphatic carboxylic acids is 1. The van der Waals surface area contributed by atoms with Gasteiger partial charge in [0.2, 0.25) is 0 Å². The number of rotatable bonds is 3. The van der Waals surface area contributed by atoms with Gasteiger partial charge in [0.25, 0.3) is 0 Å². The Bertz CT molecular complexity index is 251. The molecule has 3 atom stereocenters. The SMILES string of the molecule is CC1CCCN(CC2CCOC2)C1C(=O)O. The van der Waals surface area contributed by atoms with E-state index in [1.165, 1.54) is 0 Å². The Balaban J connectivity index is 1.96. The lowest BCUT2D eigenvalue weighted by Gasteiger charge is -2.38. The van der Waals surface area contributed by atoms with Crippen LogP contribution in [0.2, 0.25) is 0 Å².